The Balaban J connectivity index is 1.67. The standard InChI is InChI=1S/C27H29ClN6O4S/c1-39(37,38)22-10-8-20(23(28)18-22)9-11-25(35)34(19-26(36)32-14-5-15-33(29)17-16-32)24-12-13-30-31-27(24)21-6-3-2-4-7-21/h2-4,6-13,18H,5,14-17,19,29H2,1H3. The topological polar surface area (TPSA) is 130 Å². The monoisotopic (exact) mass is 568 g/mol. The van der Waals surface area contributed by atoms with E-state index in [1.54, 1.807) is 16.0 Å². The highest BCUT2D eigenvalue weighted by Gasteiger charge is 2.26. The fourth-order valence-corrected chi connectivity index (χ4v) is 5.13. The van der Waals surface area contributed by atoms with Crippen LogP contribution in [0.1, 0.15) is 12.0 Å². The molecule has 0 unspecified atom stereocenters. The van der Waals surface area contributed by atoms with Crippen LogP contribution >= 0.6 is 11.6 Å². The summed E-state index contributed by atoms with van der Waals surface area (Å²) in [5.41, 5.74) is 2.07. The van der Waals surface area contributed by atoms with E-state index in [4.69, 9.17) is 17.4 Å². The Kier molecular flexibility index (Phi) is 9.08. The van der Waals surface area contributed by atoms with Gasteiger partial charge in [-0.25, -0.2) is 13.4 Å². The fraction of sp³-hybridized carbons (Fsp3) is 0.259. The molecule has 2 heterocycles. The van der Waals surface area contributed by atoms with E-state index in [0.29, 0.717) is 43.1 Å². The Morgan fingerprint density at radius 2 is 1.85 bits per heavy atom. The predicted octanol–water partition coefficient (Wildman–Crippen LogP) is 2.65. The maximum absolute atomic E-state index is 13.6. The first-order chi connectivity index (χ1) is 18.6. The lowest BCUT2D eigenvalue weighted by Gasteiger charge is -2.27. The van der Waals surface area contributed by atoms with Gasteiger partial charge in [-0.2, -0.15) is 5.10 Å². The number of hydrazine groups is 1. The molecule has 1 fully saturated rings. The lowest BCUT2D eigenvalue weighted by molar-refractivity contribution is -0.130. The Labute approximate surface area is 232 Å². The van der Waals surface area contributed by atoms with Crippen LogP contribution in [-0.2, 0) is 19.4 Å². The number of carbonyl (C=O) groups excluding carboxylic acids is 2. The van der Waals surface area contributed by atoms with Crippen LogP contribution in [0.25, 0.3) is 17.3 Å². The lowest BCUT2D eigenvalue weighted by atomic mass is 10.1. The first-order valence-electron chi connectivity index (χ1n) is 12.3. The van der Waals surface area contributed by atoms with E-state index >= 15 is 0 Å². The van der Waals surface area contributed by atoms with Crippen molar-refractivity contribution in [1.29, 1.82) is 0 Å². The molecule has 1 saturated heterocycles. The van der Waals surface area contributed by atoms with Gasteiger partial charge in [0.2, 0.25) is 5.91 Å². The highest BCUT2D eigenvalue weighted by molar-refractivity contribution is 7.90. The maximum atomic E-state index is 13.6. The molecule has 1 aliphatic rings. The molecule has 10 nitrogen and oxygen atoms in total. The summed E-state index contributed by atoms with van der Waals surface area (Å²) in [7, 11) is -3.43. The molecule has 0 saturated carbocycles. The summed E-state index contributed by atoms with van der Waals surface area (Å²) in [6, 6.07) is 15.2. The lowest BCUT2D eigenvalue weighted by Crippen LogP contribution is -2.44. The van der Waals surface area contributed by atoms with Crippen LogP contribution in [0, 0.1) is 0 Å². The second-order valence-electron chi connectivity index (χ2n) is 9.11. The van der Waals surface area contributed by atoms with Crippen molar-refractivity contribution >= 4 is 45.0 Å². The van der Waals surface area contributed by atoms with Crippen LogP contribution in [0.3, 0.4) is 0 Å². The van der Waals surface area contributed by atoms with E-state index < -0.39 is 15.7 Å². The normalized spacial score (nSPS) is 14.8. The van der Waals surface area contributed by atoms with Gasteiger partial charge in [-0.3, -0.25) is 20.3 Å². The number of halogens is 1. The van der Waals surface area contributed by atoms with Gasteiger partial charge in [0.15, 0.2) is 9.84 Å². The molecule has 0 radical (unpaired) electrons. The van der Waals surface area contributed by atoms with Crippen LogP contribution in [-0.4, -0.2) is 79.3 Å². The summed E-state index contributed by atoms with van der Waals surface area (Å²) < 4.78 is 23.7. The molecule has 0 spiro atoms. The number of benzene rings is 2. The SMILES string of the molecule is CS(=O)(=O)c1ccc(C=CC(=O)N(CC(=O)N2CCCN(N)CC2)c2ccnnc2-c2ccccc2)c(Cl)c1. The summed E-state index contributed by atoms with van der Waals surface area (Å²) >= 11 is 6.30. The van der Waals surface area contributed by atoms with E-state index in [1.165, 1.54) is 41.4 Å². The molecule has 39 heavy (non-hydrogen) atoms. The summed E-state index contributed by atoms with van der Waals surface area (Å²) in [6.45, 7) is 1.98. The highest BCUT2D eigenvalue weighted by atomic mass is 35.5. The minimum Gasteiger partial charge on any atom is -0.340 e. The van der Waals surface area contributed by atoms with Gasteiger partial charge in [0.05, 0.1) is 16.8 Å². The van der Waals surface area contributed by atoms with Crippen molar-refractivity contribution in [3.8, 4) is 11.3 Å². The van der Waals surface area contributed by atoms with Crippen molar-refractivity contribution in [2.24, 2.45) is 5.84 Å². The molecule has 4 rings (SSSR count). The van der Waals surface area contributed by atoms with Gasteiger partial charge in [-0.05, 0) is 36.3 Å². The molecule has 1 aliphatic heterocycles. The molecule has 204 valence electrons. The van der Waals surface area contributed by atoms with E-state index in [0.717, 1.165) is 18.2 Å². The number of rotatable bonds is 7. The Morgan fingerprint density at radius 1 is 1.08 bits per heavy atom. The molecular weight excluding hydrogens is 540 g/mol. The number of hydrogen-bond donors (Lipinski definition) is 1. The van der Waals surface area contributed by atoms with Gasteiger partial charge in [-0.15, -0.1) is 5.10 Å². The number of sulfone groups is 1. The molecule has 0 bridgehead atoms. The minimum atomic E-state index is -3.43. The Morgan fingerprint density at radius 3 is 2.56 bits per heavy atom. The maximum Gasteiger partial charge on any atom is 0.251 e. The first-order valence-corrected chi connectivity index (χ1v) is 14.5. The van der Waals surface area contributed by atoms with Crippen molar-refractivity contribution in [1.82, 2.24) is 20.1 Å². The molecule has 12 heteroatoms. The summed E-state index contributed by atoms with van der Waals surface area (Å²) in [5, 5.41) is 10.1. The number of amides is 2. The highest BCUT2D eigenvalue weighted by Crippen LogP contribution is 2.29. The van der Waals surface area contributed by atoms with Crippen molar-refractivity contribution in [3.63, 3.8) is 0 Å². The van der Waals surface area contributed by atoms with Gasteiger partial charge in [0, 0.05) is 49.1 Å². The second-order valence-corrected chi connectivity index (χ2v) is 11.5. The van der Waals surface area contributed by atoms with Gasteiger partial charge in [-0.1, -0.05) is 48.0 Å². The average molecular weight is 569 g/mol. The quantitative estimate of drug-likeness (QED) is 0.340. The Bertz CT molecular complexity index is 1480. The third-order valence-electron chi connectivity index (χ3n) is 6.29. The van der Waals surface area contributed by atoms with Crippen molar-refractivity contribution in [2.75, 3.05) is 43.9 Å². The summed E-state index contributed by atoms with van der Waals surface area (Å²) in [4.78, 5) is 30.2. The number of carbonyl (C=O) groups is 2. The average Bonchev–Trinajstić information content (AvgIpc) is 3.15. The second kappa shape index (κ2) is 12.5. The zero-order chi connectivity index (χ0) is 28.0. The Hall–Kier alpha value is -3.64. The van der Waals surface area contributed by atoms with E-state index in [2.05, 4.69) is 10.2 Å². The van der Waals surface area contributed by atoms with Crippen LogP contribution in [0.2, 0.25) is 5.02 Å². The van der Waals surface area contributed by atoms with E-state index in [9.17, 15) is 18.0 Å². The van der Waals surface area contributed by atoms with Gasteiger partial charge in [0.1, 0.15) is 12.2 Å². The zero-order valence-corrected chi connectivity index (χ0v) is 23.0. The third-order valence-corrected chi connectivity index (χ3v) is 7.72. The van der Waals surface area contributed by atoms with E-state index in [1.807, 2.05) is 30.3 Å². The number of anilines is 1. The third kappa shape index (κ3) is 7.27. The van der Waals surface area contributed by atoms with Crippen LogP contribution < -0.4 is 10.7 Å². The smallest absolute Gasteiger partial charge is 0.251 e. The van der Waals surface area contributed by atoms with Gasteiger partial charge < -0.3 is 4.90 Å². The van der Waals surface area contributed by atoms with Crippen LogP contribution in [0.5, 0.6) is 0 Å². The fourth-order valence-electron chi connectivity index (χ4n) is 4.17. The van der Waals surface area contributed by atoms with Crippen molar-refractivity contribution in [2.45, 2.75) is 11.3 Å². The molecule has 0 atom stereocenters. The van der Waals surface area contributed by atoms with Crippen molar-refractivity contribution < 1.29 is 18.0 Å². The molecule has 2 amide bonds. The minimum absolute atomic E-state index is 0.0760. The van der Waals surface area contributed by atoms with E-state index in [-0.39, 0.29) is 22.4 Å². The van der Waals surface area contributed by atoms with Crippen molar-refractivity contribution in [3.05, 3.63) is 77.5 Å². The molecule has 0 aliphatic carbocycles. The zero-order valence-electron chi connectivity index (χ0n) is 21.4. The van der Waals surface area contributed by atoms with Crippen LogP contribution in [0.4, 0.5) is 5.69 Å². The molecule has 2 aromatic carbocycles. The number of nitrogens with zero attached hydrogens (tertiary/aromatic N) is 5. The molecule has 3 aromatic rings. The summed E-state index contributed by atoms with van der Waals surface area (Å²) in [5.74, 6) is 5.22. The van der Waals surface area contributed by atoms with Crippen LogP contribution in [0.15, 0.2) is 71.8 Å². The van der Waals surface area contributed by atoms with Gasteiger partial charge >= 0.3 is 0 Å². The number of hydrogen-bond acceptors (Lipinski definition) is 8. The predicted molar refractivity (Wildman–Crippen MR) is 150 cm³/mol. The molecule has 2 N–H and O–H groups in total. The van der Waals surface area contributed by atoms with Gasteiger partial charge in [0.25, 0.3) is 5.91 Å². The first kappa shape index (κ1) is 28.4. The number of aromatic nitrogens is 2. The number of nitrogens with two attached hydrogens (primary N) is 1. The molecular formula is C27H29ClN6O4S. The summed E-state index contributed by atoms with van der Waals surface area (Å²) in [6.07, 6.45) is 6.07. The molecule has 1 aromatic heterocycles. The largest absolute Gasteiger partial charge is 0.340 e.